The smallest absolute Gasteiger partial charge is 0.224 e. The fourth-order valence-electron chi connectivity index (χ4n) is 2.91. The number of hydrogen-bond acceptors (Lipinski definition) is 2. The second-order valence-corrected chi connectivity index (χ2v) is 5.64. The zero-order valence-corrected chi connectivity index (χ0v) is 10.5. The SMILES string of the molecule is CC1CCCC(C)N1C(=O)CC(N)C1CC1. The van der Waals surface area contributed by atoms with Gasteiger partial charge in [-0.3, -0.25) is 4.79 Å². The van der Waals surface area contributed by atoms with Crippen LogP contribution in [-0.2, 0) is 4.79 Å². The fourth-order valence-corrected chi connectivity index (χ4v) is 2.91. The Morgan fingerprint density at radius 3 is 2.31 bits per heavy atom. The minimum absolute atomic E-state index is 0.105. The van der Waals surface area contributed by atoms with Crippen LogP contribution >= 0.6 is 0 Å². The van der Waals surface area contributed by atoms with Crippen molar-refractivity contribution in [2.24, 2.45) is 11.7 Å². The van der Waals surface area contributed by atoms with E-state index in [-0.39, 0.29) is 11.9 Å². The summed E-state index contributed by atoms with van der Waals surface area (Å²) in [4.78, 5) is 14.3. The number of nitrogens with two attached hydrogens (primary N) is 1. The van der Waals surface area contributed by atoms with Gasteiger partial charge in [0, 0.05) is 24.5 Å². The molecule has 3 unspecified atom stereocenters. The molecule has 0 spiro atoms. The largest absolute Gasteiger partial charge is 0.337 e. The molecule has 1 saturated carbocycles. The number of piperidine rings is 1. The molecule has 3 nitrogen and oxygen atoms in total. The van der Waals surface area contributed by atoms with Crippen molar-refractivity contribution in [3.05, 3.63) is 0 Å². The molecule has 0 bridgehead atoms. The van der Waals surface area contributed by atoms with Gasteiger partial charge in [0.05, 0.1) is 0 Å². The van der Waals surface area contributed by atoms with E-state index in [9.17, 15) is 4.79 Å². The van der Waals surface area contributed by atoms with Crippen molar-refractivity contribution in [1.82, 2.24) is 4.90 Å². The molecular weight excluding hydrogens is 200 g/mol. The lowest BCUT2D eigenvalue weighted by molar-refractivity contribution is -0.137. The number of nitrogens with zero attached hydrogens (tertiary/aromatic N) is 1. The van der Waals surface area contributed by atoms with Crippen molar-refractivity contribution in [2.45, 2.75) is 70.5 Å². The van der Waals surface area contributed by atoms with Gasteiger partial charge >= 0.3 is 0 Å². The number of hydrogen-bond donors (Lipinski definition) is 1. The normalized spacial score (nSPS) is 32.6. The molecule has 2 N–H and O–H groups in total. The van der Waals surface area contributed by atoms with Gasteiger partial charge in [-0.15, -0.1) is 0 Å². The van der Waals surface area contributed by atoms with E-state index in [4.69, 9.17) is 5.73 Å². The molecule has 1 aliphatic carbocycles. The van der Waals surface area contributed by atoms with Gasteiger partial charge in [-0.2, -0.15) is 0 Å². The number of rotatable bonds is 3. The molecule has 3 atom stereocenters. The Morgan fingerprint density at radius 2 is 1.81 bits per heavy atom. The molecule has 1 aliphatic heterocycles. The van der Waals surface area contributed by atoms with E-state index in [2.05, 4.69) is 18.7 Å². The van der Waals surface area contributed by atoms with E-state index in [1.54, 1.807) is 0 Å². The molecule has 1 saturated heterocycles. The van der Waals surface area contributed by atoms with Crippen molar-refractivity contribution >= 4 is 5.91 Å². The lowest BCUT2D eigenvalue weighted by atomic mass is 9.96. The van der Waals surface area contributed by atoms with Crippen LogP contribution in [0.3, 0.4) is 0 Å². The van der Waals surface area contributed by atoms with Gasteiger partial charge in [0.1, 0.15) is 0 Å². The fraction of sp³-hybridized carbons (Fsp3) is 0.923. The first-order chi connectivity index (χ1) is 7.59. The zero-order chi connectivity index (χ0) is 11.7. The van der Waals surface area contributed by atoms with Crippen LogP contribution in [-0.4, -0.2) is 28.9 Å². The van der Waals surface area contributed by atoms with Crippen molar-refractivity contribution in [3.63, 3.8) is 0 Å². The highest BCUT2D eigenvalue weighted by Gasteiger charge is 2.34. The van der Waals surface area contributed by atoms with Gasteiger partial charge in [0.15, 0.2) is 0 Å². The van der Waals surface area contributed by atoms with E-state index in [0.29, 0.717) is 24.4 Å². The van der Waals surface area contributed by atoms with E-state index >= 15 is 0 Å². The summed E-state index contributed by atoms with van der Waals surface area (Å²) in [6.45, 7) is 4.33. The second-order valence-electron chi connectivity index (χ2n) is 5.64. The third-order valence-electron chi connectivity index (χ3n) is 4.12. The molecule has 0 aromatic rings. The van der Waals surface area contributed by atoms with Crippen molar-refractivity contribution in [2.75, 3.05) is 0 Å². The molecule has 92 valence electrons. The van der Waals surface area contributed by atoms with Crippen LogP contribution in [0.25, 0.3) is 0 Å². The van der Waals surface area contributed by atoms with E-state index < -0.39 is 0 Å². The van der Waals surface area contributed by atoms with Crippen LogP contribution in [0.2, 0.25) is 0 Å². The molecule has 1 amide bonds. The summed E-state index contributed by atoms with van der Waals surface area (Å²) < 4.78 is 0. The summed E-state index contributed by atoms with van der Waals surface area (Å²) in [5, 5.41) is 0. The highest BCUT2D eigenvalue weighted by Crippen LogP contribution is 2.33. The number of amides is 1. The standard InChI is InChI=1S/C13H24N2O/c1-9-4-3-5-10(2)15(9)13(16)8-12(14)11-6-7-11/h9-12H,3-8,14H2,1-2H3. The summed E-state index contributed by atoms with van der Waals surface area (Å²) in [5.74, 6) is 0.901. The minimum atomic E-state index is 0.105. The maximum absolute atomic E-state index is 12.2. The Balaban J connectivity index is 1.90. The molecule has 0 aromatic heterocycles. The van der Waals surface area contributed by atoms with E-state index in [1.807, 2.05) is 0 Å². The molecule has 2 rings (SSSR count). The topological polar surface area (TPSA) is 46.3 Å². The van der Waals surface area contributed by atoms with Crippen LogP contribution in [0.5, 0.6) is 0 Å². The first-order valence-corrected chi connectivity index (χ1v) is 6.66. The van der Waals surface area contributed by atoms with Crippen LogP contribution in [0, 0.1) is 5.92 Å². The highest BCUT2D eigenvalue weighted by atomic mass is 16.2. The predicted molar refractivity (Wildman–Crippen MR) is 64.9 cm³/mol. The van der Waals surface area contributed by atoms with Gasteiger partial charge in [-0.1, -0.05) is 0 Å². The summed E-state index contributed by atoms with van der Waals surface area (Å²) in [5.41, 5.74) is 6.03. The Bertz CT molecular complexity index is 253. The summed E-state index contributed by atoms with van der Waals surface area (Å²) in [6.07, 6.45) is 6.54. The first-order valence-electron chi connectivity index (χ1n) is 6.66. The van der Waals surface area contributed by atoms with Crippen LogP contribution in [0.15, 0.2) is 0 Å². The van der Waals surface area contributed by atoms with Gasteiger partial charge in [-0.25, -0.2) is 0 Å². The average molecular weight is 224 g/mol. The number of likely N-dealkylation sites (tertiary alicyclic amines) is 1. The summed E-state index contributed by atoms with van der Waals surface area (Å²) >= 11 is 0. The van der Waals surface area contributed by atoms with Crippen molar-refractivity contribution < 1.29 is 4.79 Å². The van der Waals surface area contributed by atoms with Crippen molar-refractivity contribution in [1.29, 1.82) is 0 Å². The average Bonchev–Trinajstić information content (AvgIpc) is 2.99. The van der Waals surface area contributed by atoms with Crippen molar-refractivity contribution in [3.8, 4) is 0 Å². The van der Waals surface area contributed by atoms with E-state index in [1.165, 1.54) is 19.3 Å². The Kier molecular flexibility index (Phi) is 3.53. The Labute approximate surface area is 98.4 Å². The summed E-state index contributed by atoms with van der Waals surface area (Å²) in [7, 11) is 0. The number of carbonyl (C=O) groups is 1. The molecule has 1 heterocycles. The lowest BCUT2D eigenvalue weighted by Crippen LogP contribution is -2.49. The minimum Gasteiger partial charge on any atom is -0.337 e. The maximum atomic E-state index is 12.2. The molecule has 3 heteroatoms. The van der Waals surface area contributed by atoms with Gasteiger partial charge in [0.2, 0.25) is 5.91 Å². The van der Waals surface area contributed by atoms with Gasteiger partial charge in [-0.05, 0) is 51.9 Å². The molecular formula is C13H24N2O. The van der Waals surface area contributed by atoms with Gasteiger partial charge in [0.25, 0.3) is 0 Å². The highest BCUT2D eigenvalue weighted by molar-refractivity contribution is 5.77. The Morgan fingerprint density at radius 1 is 1.25 bits per heavy atom. The van der Waals surface area contributed by atoms with Crippen LogP contribution in [0.1, 0.15) is 52.4 Å². The van der Waals surface area contributed by atoms with Crippen LogP contribution < -0.4 is 5.73 Å². The quantitative estimate of drug-likeness (QED) is 0.796. The zero-order valence-electron chi connectivity index (χ0n) is 10.5. The molecule has 2 aliphatic rings. The Hall–Kier alpha value is -0.570. The summed E-state index contributed by atoms with van der Waals surface area (Å²) in [6, 6.07) is 0.916. The predicted octanol–water partition coefficient (Wildman–Crippen LogP) is 1.90. The molecule has 0 aromatic carbocycles. The molecule has 2 fully saturated rings. The lowest BCUT2D eigenvalue weighted by Gasteiger charge is -2.39. The maximum Gasteiger partial charge on any atom is 0.224 e. The third kappa shape index (κ3) is 2.57. The second kappa shape index (κ2) is 4.74. The number of carbonyl (C=O) groups excluding carboxylic acids is 1. The molecule has 0 radical (unpaired) electrons. The van der Waals surface area contributed by atoms with E-state index in [0.717, 1.165) is 12.8 Å². The monoisotopic (exact) mass is 224 g/mol. The molecule has 16 heavy (non-hydrogen) atoms. The van der Waals surface area contributed by atoms with Crippen LogP contribution in [0.4, 0.5) is 0 Å². The first kappa shape index (κ1) is 11.9. The third-order valence-corrected chi connectivity index (χ3v) is 4.12. The van der Waals surface area contributed by atoms with Gasteiger partial charge < -0.3 is 10.6 Å².